The van der Waals surface area contributed by atoms with E-state index in [1.165, 1.54) is 12.1 Å². The van der Waals surface area contributed by atoms with Crippen LogP contribution >= 0.6 is 0 Å². The summed E-state index contributed by atoms with van der Waals surface area (Å²) >= 11 is 0. The molecule has 0 bridgehead atoms. The second kappa shape index (κ2) is 6.56. The Morgan fingerprint density at radius 1 is 1.05 bits per heavy atom. The van der Waals surface area contributed by atoms with Gasteiger partial charge in [-0.3, -0.25) is 5.43 Å². The largest absolute Gasteiger partial charge is 0.493 e. The Bertz CT molecular complexity index is 597. The maximum Gasteiger partial charge on any atom is 0.169 e. The van der Waals surface area contributed by atoms with Crippen LogP contribution in [0.5, 0.6) is 11.5 Å². The average molecular weight is 274 g/mol. The Kier molecular flexibility index (Phi) is 4.55. The molecule has 0 aliphatic carbocycles. The number of benzene rings is 2. The highest BCUT2D eigenvalue weighted by atomic mass is 19.1. The van der Waals surface area contributed by atoms with Gasteiger partial charge in [0.2, 0.25) is 0 Å². The summed E-state index contributed by atoms with van der Waals surface area (Å²) in [6.07, 6.45) is 1.62. The summed E-state index contributed by atoms with van der Waals surface area (Å²) in [6.45, 7) is 0. The summed E-state index contributed by atoms with van der Waals surface area (Å²) in [6, 6.07) is 11.5. The van der Waals surface area contributed by atoms with Crippen LogP contribution < -0.4 is 14.9 Å². The molecule has 20 heavy (non-hydrogen) atoms. The van der Waals surface area contributed by atoms with E-state index < -0.39 is 0 Å². The Morgan fingerprint density at radius 2 is 1.80 bits per heavy atom. The lowest BCUT2D eigenvalue weighted by Crippen LogP contribution is -1.96. The van der Waals surface area contributed by atoms with Crippen LogP contribution in [0.25, 0.3) is 0 Å². The van der Waals surface area contributed by atoms with E-state index in [0.717, 1.165) is 5.56 Å². The molecule has 0 aromatic heterocycles. The van der Waals surface area contributed by atoms with Crippen LogP contribution in [0.1, 0.15) is 5.56 Å². The molecule has 0 aliphatic heterocycles. The van der Waals surface area contributed by atoms with Gasteiger partial charge in [0, 0.05) is 5.56 Å². The van der Waals surface area contributed by atoms with E-state index in [9.17, 15) is 4.39 Å². The lowest BCUT2D eigenvalue weighted by atomic mass is 10.2. The lowest BCUT2D eigenvalue weighted by Gasteiger charge is -2.09. The summed E-state index contributed by atoms with van der Waals surface area (Å²) in [5, 5.41) is 4.09. The minimum atomic E-state index is -0.283. The minimum absolute atomic E-state index is 0.283. The molecule has 2 aromatic carbocycles. The van der Waals surface area contributed by atoms with Crippen molar-refractivity contribution < 1.29 is 13.9 Å². The zero-order valence-corrected chi connectivity index (χ0v) is 11.3. The number of nitrogens with one attached hydrogen (secondary N) is 1. The van der Waals surface area contributed by atoms with Crippen molar-refractivity contribution in [1.82, 2.24) is 0 Å². The smallest absolute Gasteiger partial charge is 0.169 e. The molecule has 0 spiro atoms. The Balaban J connectivity index is 2.13. The molecular formula is C15H15FN2O2. The molecule has 0 saturated carbocycles. The fourth-order valence-electron chi connectivity index (χ4n) is 1.71. The number of nitrogens with zero attached hydrogens (tertiary/aromatic N) is 1. The van der Waals surface area contributed by atoms with Gasteiger partial charge in [0.05, 0.1) is 26.1 Å². The first-order chi connectivity index (χ1) is 9.74. The third-order valence-electron chi connectivity index (χ3n) is 2.67. The molecule has 0 aliphatic rings. The van der Waals surface area contributed by atoms with Gasteiger partial charge in [-0.15, -0.1) is 0 Å². The Hall–Kier alpha value is -2.56. The van der Waals surface area contributed by atoms with Crippen LogP contribution in [0.3, 0.4) is 0 Å². The first-order valence-electron chi connectivity index (χ1n) is 6.00. The van der Waals surface area contributed by atoms with Gasteiger partial charge in [-0.2, -0.15) is 5.10 Å². The van der Waals surface area contributed by atoms with Gasteiger partial charge in [0.15, 0.2) is 11.5 Å². The maximum atomic E-state index is 12.8. The van der Waals surface area contributed by atoms with E-state index in [0.29, 0.717) is 17.2 Å². The van der Waals surface area contributed by atoms with Gasteiger partial charge in [0.1, 0.15) is 5.82 Å². The fraction of sp³-hybridized carbons (Fsp3) is 0.133. The number of anilines is 1. The summed E-state index contributed by atoms with van der Waals surface area (Å²) in [7, 11) is 3.15. The zero-order valence-electron chi connectivity index (χ0n) is 11.3. The average Bonchev–Trinajstić information content (AvgIpc) is 2.49. The van der Waals surface area contributed by atoms with Crippen molar-refractivity contribution in [2.75, 3.05) is 19.6 Å². The number of rotatable bonds is 5. The van der Waals surface area contributed by atoms with Crippen molar-refractivity contribution in [2.45, 2.75) is 0 Å². The molecular weight excluding hydrogens is 259 g/mol. The van der Waals surface area contributed by atoms with Crippen LogP contribution in [0.15, 0.2) is 47.6 Å². The van der Waals surface area contributed by atoms with Crippen molar-refractivity contribution in [2.24, 2.45) is 5.10 Å². The first kappa shape index (κ1) is 13.9. The quantitative estimate of drug-likeness (QED) is 0.672. The van der Waals surface area contributed by atoms with Crippen LogP contribution in [0, 0.1) is 5.82 Å². The number of halogens is 1. The molecule has 0 atom stereocenters. The summed E-state index contributed by atoms with van der Waals surface area (Å²) in [5.41, 5.74) is 4.29. The van der Waals surface area contributed by atoms with Crippen molar-refractivity contribution in [1.29, 1.82) is 0 Å². The highest BCUT2D eigenvalue weighted by Gasteiger charge is 2.06. The third-order valence-corrected chi connectivity index (χ3v) is 2.67. The molecule has 0 radical (unpaired) electrons. The summed E-state index contributed by atoms with van der Waals surface area (Å²) in [5.74, 6) is 0.965. The summed E-state index contributed by atoms with van der Waals surface area (Å²) in [4.78, 5) is 0. The van der Waals surface area contributed by atoms with E-state index in [2.05, 4.69) is 10.5 Å². The van der Waals surface area contributed by atoms with Crippen molar-refractivity contribution in [3.8, 4) is 11.5 Å². The third kappa shape index (κ3) is 3.26. The van der Waals surface area contributed by atoms with E-state index in [4.69, 9.17) is 9.47 Å². The lowest BCUT2D eigenvalue weighted by molar-refractivity contribution is 0.354. The highest BCUT2D eigenvalue weighted by Crippen LogP contribution is 2.29. The second-order valence-corrected chi connectivity index (χ2v) is 3.96. The van der Waals surface area contributed by atoms with Crippen LogP contribution in [0.2, 0.25) is 0 Å². The van der Waals surface area contributed by atoms with E-state index in [1.54, 1.807) is 32.6 Å². The Labute approximate surface area is 116 Å². The molecule has 0 fully saturated rings. The maximum absolute atomic E-state index is 12.8. The molecule has 2 rings (SSSR count). The van der Waals surface area contributed by atoms with Gasteiger partial charge in [-0.1, -0.05) is 6.07 Å². The van der Waals surface area contributed by atoms with E-state index >= 15 is 0 Å². The minimum Gasteiger partial charge on any atom is -0.493 e. The Morgan fingerprint density at radius 3 is 2.45 bits per heavy atom. The number of hydrazone groups is 1. The molecule has 0 saturated heterocycles. The SMILES string of the molecule is COc1cccc(/C=N\Nc2ccc(F)cc2)c1OC. The number of ether oxygens (including phenoxy) is 2. The van der Waals surface area contributed by atoms with Crippen LogP contribution in [-0.2, 0) is 0 Å². The highest BCUT2D eigenvalue weighted by molar-refractivity contribution is 5.85. The van der Waals surface area contributed by atoms with Crippen molar-refractivity contribution >= 4 is 11.9 Å². The topological polar surface area (TPSA) is 42.8 Å². The van der Waals surface area contributed by atoms with E-state index in [-0.39, 0.29) is 5.82 Å². The van der Waals surface area contributed by atoms with Gasteiger partial charge in [-0.05, 0) is 36.4 Å². The number of hydrogen-bond acceptors (Lipinski definition) is 4. The standard InChI is InChI=1S/C15H15FN2O2/c1-19-14-5-3-4-11(15(14)20-2)10-17-18-13-8-6-12(16)7-9-13/h3-10,18H,1-2H3/b17-10-. The number of para-hydroxylation sites is 1. The van der Waals surface area contributed by atoms with E-state index in [1.807, 2.05) is 18.2 Å². The molecule has 1 N–H and O–H groups in total. The molecule has 104 valence electrons. The molecule has 0 amide bonds. The zero-order chi connectivity index (χ0) is 14.4. The molecule has 4 nitrogen and oxygen atoms in total. The predicted octanol–water partition coefficient (Wildman–Crippen LogP) is 3.29. The van der Waals surface area contributed by atoms with Gasteiger partial charge < -0.3 is 9.47 Å². The molecule has 0 heterocycles. The second-order valence-electron chi connectivity index (χ2n) is 3.96. The predicted molar refractivity (Wildman–Crippen MR) is 77.2 cm³/mol. The number of hydrogen-bond donors (Lipinski definition) is 1. The first-order valence-corrected chi connectivity index (χ1v) is 6.00. The van der Waals surface area contributed by atoms with Crippen molar-refractivity contribution in [3.05, 3.63) is 53.8 Å². The monoisotopic (exact) mass is 274 g/mol. The fourth-order valence-corrected chi connectivity index (χ4v) is 1.71. The molecule has 5 heteroatoms. The summed E-state index contributed by atoms with van der Waals surface area (Å²) < 4.78 is 23.3. The van der Waals surface area contributed by atoms with Gasteiger partial charge in [0.25, 0.3) is 0 Å². The normalized spacial score (nSPS) is 10.6. The van der Waals surface area contributed by atoms with Crippen molar-refractivity contribution in [3.63, 3.8) is 0 Å². The molecule has 2 aromatic rings. The van der Waals surface area contributed by atoms with Crippen LogP contribution in [0.4, 0.5) is 10.1 Å². The van der Waals surface area contributed by atoms with Crippen LogP contribution in [-0.4, -0.2) is 20.4 Å². The van der Waals surface area contributed by atoms with Gasteiger partial charge >= 0.3 is 0 Å². The number of methoxy groups -OCH3 is 2. The van der Waals surface area contributed by atoms with Gasteiger partial charge in [-0.25, -0.2) is 4.39 Å². The molecule has 0 unspecified atom stereocenters.